The number of thiazole rings is 1. The van der Waals surface area contributed by atoms with Crippen molar-refractivity contribution in [3.05, 3.63) is 64.4 Å². The lowest BCUT2D eigenvalue weighted by Crippen LogP contribution is -2.12. The van der Waals surface area contributed by atoms with Crippen LogP contribution in [0.5, 0.6) is 0 Å². The highest BCUT2D eigenvalue weighted by Gasteiger charge is 2.07. The maximum absolute atomic E-state index is 12.0. The first-order valence-electron chi connectivity index (χ1n) is 7.61. The normalized spacial score (nSPS) is 11.0. The number of hydrogen-bond donors (Lipinski definition) is 1. The molecule has 0 saturated carbocycles. The fourth-order valence-corrected chi connectivity index (χ4v) is 3.91. The lowest BCUT2D eigenvalue weighted by atomic mass is 10.1. The number of aryl methyl sites for hydroxylation is 1. The van der Waals surface area contributed by atoms with Gasteiger partial charge in [0.1, 0.15) is 0 Å². The Hall–Kier alpha value is -2.44. The summed E-state index contributed by atoms with van der Waals surface area (Å²) in [6.45, 7) is 0. The number of nitrogens with zero attached hydrogens (tertiary/aromatic N) is 2. The Morgan fingerprint density at radius 2 is 2.04 bits per heavy atom. The van der Waals surface area contributed by atoms with Crippen LogP contribution in [0.4, 0.5) is 5.69 Å². The number of thiophene rings is 1. The molecule has 3 aromatic heterocycles. The molecular weight excluding hydrogens is 338 g/mol. The number of benzene rings is 1. The molecular formula is C18H15N3OS2. The van der Waals surface area contributed by atoms with Crippen molar-refractivity contribution in [2.75, 3.05) is 5.32 Å². The Bertz CT molecular complexity index is 923. The molecule has 0 radical (unpaired) electrons. The monoisotopic (exact) mass is 353 g/mol. The summed E-state index contributed by atoms with van der Waals surface area (Å²) in [6, 6.07) is 9.88. The van der Waals surface area contributed by atoms with Crippen LogP contribution in [0.15, 0.2) is 58.9 Å². The van der Waals surface area contributed by atoms with Crippen LogP contribution in [0.2, 0.25) is 0 Å². The van der Waals surface area contributed by atoms with E-state index >= 15 is 0 Å². The van der Waals surface area contributed by atoms with Gasteiger partial charge in [0.15, 0.2) is 4.96 Å². The number of amides is 1. The van der Waals surface area contributed by atoms with Crippen molar-refractivity contribution in [2.45, 2.75) is 12.8 Å². The molecule has 4 aromatic rings. The van der Waals surface area contributed by atoms with Gasteiger partial charge in [0, 0.05) is 35.4 Å². The average molecular weight is 353 g/mol. The van der Waals surface area contributed by atoms with E-state index in [1.54, 1.807) is 22.7 Å². The molecule has 0 bridgehead atoms. The highest BCUT2D eigenvalue weighted by atomic mass is 32.1. The Balaban J connectivity index is 1.40. The molecule has 0 atom stereocenters. The van der Waals surface area contributed by atoms with Crippen molar-refractivity contribution in [3.8, 4) is 11.3 Å². The Morgan fingerprint density at radius 1 is 1.17 bits per heavy atom. The molecule has 0 aliphatic carbocycles. The summed E-state index contributed by atoms with van der Waals surface area (Å²) in [5.41, 5.74) is 4.01. The number of aromatic nitrogens is 2. The summed E-state index contributed by atoms with van der Waals surface area (Å²) in [5.74, 6) is 0.0384. The third-order valence-corrected chi connectivity index (χ3v) is 5.28. The molecule has 1 N–H and O–H groups in total. The standard InChI is InChI=1S/C18H15N3OS2/c22-17(6-1-13-7-9-23-12-13)19-15-4-2-14(3-5-15)16-11-21-8-10-24-18(21)20-16/h2-5,7-12H,1,6H2,(H,19,22). The van der Waals surface area contributed by atoms with E-state index in [4.69, 9.17) is 0 Å². The van der Waals surface area contributed by atoms with Gasteiger partial charge in [-0.15, -0.1) is 11.3 Å². The van der Waals surface area contributed by atoms with Crippen LogP contribution < -0.4 is 5.32 Å². The maximum atomic E-state index is 12.0. The number of imidazole rings is 1. The zero-order chi connectivity index (χ0) is 16.4. The van der Waals surface area contributed by atoms with Gasteiger partial charge in [-0.25, -0.2) is 4.98 Å². The van der Waals surface area contributed by atoms with Crippen LogP contribution in [-0.4, -0.2) is 15.3 Å². The first-order valence-corrected chi connectivity index (χ1v) is 9.44. The fraction of sp³-hybridized carbons (Fsp3) is 0.111. The van der Waals surface area contributed by atoms with Crippen molar-refractivity contribution < 1.29 is 4.79 Å². The minimum atomic E-state index is 0.0384. The Morgan fingerprint density at radius 3 is 2.79 bits per heavy atom. The van der Waals surface area contributed by atoms with Crippen molar-refractivity contribution in [2.24, 2.45) is 0 Å². The maximum Gasteiger partial charge on any atom is 0.224 e. The third kappa shape index (κ3) is 3.25. The molecule has 1 amide bonds. The summed E-state index contributed by atoms with van der Waals surface area (Å²) in [7, 11) is 0. The molecule has 0 saturated heterocycles. The Labute approximate surface area is 147 Å². The first-order chi connectivity index (χ1) is 11.8. The number of carbonyl (C=O) groups is 1. The van der Waals surface area contributed by atoms with Gasteiger partial charge in [-0.2, -0.15) is 11.3 Å². The lowest BCUT2D eigenvalue weighted by Gasteiger charge is -2.05. The molecule has 4 nitrogen and oxygen atoms in total. The van der Waals surface area contributed by atoms with Crippen LogP contribution in [0.1, 0.15) is 12.0 Å². The van der Waals surface area contributed by atoms with Gasteiger partial charge >= 0.3 is 0 Å². The molecule has 120 valence electrons. The quantitative estimate of drug-likeness (QED) is 0.565. The van der Waals surface area contributed by atoms with E-state index in [1.807, 2.05) is 51.8 Å². The molecule has 0 spiro atoms. The predicted molar refractivity (Wildman–Crippen MR) is 99.8 cm³/mol. The number of anilines is 1. The van der Waals surface area contributed by atoms with E-state index < -0.39 is 0 Å². The van der Waals surface area contributed by atoms with Gasteiger partial charge in [0.2, 0.25) is 5.91 Å². The molecule has 4 rings (SSSR count). The van der Waals surface area contributed by atoms with E-state index in [1.165, 1.54) is 5.56 Å². The molecule has 6 heteroatoms. The van der Waals surface area contributed by atoms with Gasteiger partial charge in [0.05, 0.1) is 5.69 Å². The largest absolute Gasteiger partial charge is 0.326 e. The molecule has 3 heterocycles. The highest BCUT2D eigenvalue weighted by Crippen LogP contribution is 2.23. The molecule has 0 aliphatic rings. The second kappa shape index (κ2) is 6.59. The van der Waals surface area contributed by atoms with Crippen LogP contribution in [0.25, 0.3) is 16.2 Å². The summed E-state index contributed by atoms with van der Waals surface area (Å²) in [5, 5.41) is 9.08. The smallest absolute Gasteiger partial charge is 0.224 e. The van der Waals surface area contributed by atoms with Gasteiger partial charge in [0.25, 0.3) is 0 Å². The van der Waals surface area contributed by atoms with E-state index in [2.05, 4.69) is 21.7 Å². The fourth-order valence-electron chi connectivity index (χ4n) is 2.51. The second-order valence-corrected chi connectivity index (χ2v) is 7.13. The molecule has 24 heavy (non-hydrogen) atoms. The number of hydrogen-bond acceptors (Lipinski definition) is 4. The SMILES string of the molecule is O=C(CCc1ccsc1)Nc1ccc(-c2cn3ccsc3n2)cc1. The zero-order valence-corrected chi connectivity index (χ0v) is 14.4. The van der Waals surface area contributed by atoms with Gasteiger partial charge in [-0.05, 0) is 40.9 Å². The minimum absolute atomic E-state index is 0.0384. The van der Waals surface area contributed by atoms with Crippen molar-refractivity contribution in [3.63, 3.8) is 0 Å². The van der Waals surface area contributed by atoms with Crippen LogP contribution in [0.3, 0.4) is 0 Å². The summed E-state index contributed by atoms with van der Waals surface area (Å²) < 4.78 is 2.01. The van der Waals surface area contributed by atoms with Crippen molar-refractivity contribution in [1.82, 2.24) is 9.38 Å². The number of fused-ring (bicyclic) bond motifs is 1. The van der Waals surface area contributed by atoms with E-state index in [-0.39, 0.29) is 5.91 Å². The minimum Gasteiger partial charge on any atom is -0.326 e. The summed E-state index contributed by atoms with van der Waals surface area (Å²) in [4.78, 5) is 17.6. The second-order valence-electron chi connectivity index (χ2n) is 5.48. The highest BCUT2D eigenvalue weighted by molar-refractivity contribution is 7.15. The van der Waals surface area contributed by atoms with Crippen LogP contribution in [-0.2, 0) is 11.2 Å². The van der Waals surface area contributed by atoms with E-state index in [0.29, 0.717) is 6.42 Å². The van der Waals surface area contributed by atoms with Crippen LogP contribution in [0, 0.1) is 0 Å². The first kappa shape index (κ1) is 15.1. The van der Waals surface area contributed by atoms with E-state index in [0.717, 1.165) is 28.3 Å². The molecule has 1 aromatic carbocycles. The number of nitrogens with one attached hydrogen (secondary N) is 1. The number of carbonyl (C=O) groups excluding carboxylic acids is 1. The summed E-state index contributed by atoms with van der Waals surface area (Å²) >= 11 is 3.27. The third-order valence-electron chi connectivity index (χ3n) is 3.78. The zero-order valence-electron chi connectivity index (χ0n) is 12.8. The van der Waals surface area contributed by atoms with Crippen molar-refractivity contribution >= 4 is 39.2 Å². The van der Waals surface area contributed by atoms with Gasteiger partial charge < -0.3 is 5.32 Å². The molecule has 0 aliphatic heterocycles. The van der Waals surface area contributed by atoms with Gasteiger partial charge in [-0.3, -0.25) is 9.20 Å². The summed E-state index contributed by atoms with van der Waals surface area (Å²) in [6.07, 6.45) is 5.29. The molecule has 0 unspecified atom stereocenters. The molecule has 0 fully saturated rings. The van der Waals surface area contributed by atoms with Crippen LogP contribution >= 0.6 is 22.7 Å². The van der Waals surface area contributed by atoms with Crippen molar-refractivity contribution in [1.29, 1.82) is 0 Å². The van der Waals surface area contributed by atoms with E-state index in [9.17, 15) is 4.79 Å². The average Bonchev–Trinajstić information content (AvgIpc) is 3.30. The number of rotatable bonds is 5. The lowest BCUT2D eigenvalue weighted by molar-refractivity contribution is -0.116. The predicted octanol–water partition coefficient (Wildman–Crippen LogP) is 4.70. The van der Waals surface area contributed by atoms with Gasteiger partial charge in [-0.1, -0.05) is 12.1 Å². The Kier molecular flexibility index (Phi) is 4.15. The topological polar surface area (TPSA) is 46.4 Å².